The fourth-order valence-corrected chi connectivity index (χ4v) is 4.84. The molecule has 0 radical (unpaired) electrons. The Kier molecular flexibility index (Phi) is 7.54. The van der Waals surface area contributed by atoms with Crippen LogP contribution < -0.4 is 4.31 Å². The summed E-state index contributed by atoms with van der Waals surface area (Å²) in [6.07, 6.45) is 1.49. The molecule has 33 heavy (non-hydrogen) atoms. The molecule has 0 bridgehead atoms. The van der Waals surface area contributed by atoms with E-state index in [4.69, 9.17) is 16.9 Å². The fraction of sp³-hybridized carbons (Fsp3) is 0.120. The van der Waals surface area contributed by atoms with Crippen LogP contribution in [0.3, 0.4) is 0 Å². The van der Waals surface area contributed by atoms with Gasteiger partial charge in [-0.2, -0.15) is 5.26 Å². The van der Waals surface area contributed by atoms with E-state index in [1.54, 1.807) is 67.7 Å². The molecule has 0 heterocycles. The number of halogens is 1. The molecule has 0 saturated heterocycles. The molecule has 1 amide bonds. The second-order valence-electron chi connectivity index (χ2n) is 7.30. The van der Waals surface area contributed by atoms with Crippen molar-refractivity contribution in [3.8, 4) is 6.07 Å². The van der Waals surface area contributed by atoms with Crippen molar-refractivity contribution in [3.63, 3.8) is 0 Å². The van der Waals surface area contributed by atoms with Gasteiger partial charge >= 0.3 is 0 Å². The van der Waals surface area contributed by atoms with Crippen molar-refractivity contribution in [2.24, 2.45) is 0 Å². The molecule has 0 aromatic heterocycles. The Morgan fingerprint density at radius 3 is 2.36 bits per heavy atom. The van der Waals surface area contributed by atoms with Crippen LogP contribution in [0, 0.1) is 11.3 Å². The largest absolute Gasteiger partial charge is 0.337 e. The quantitative estimate of drug-likeness (QED) is 0.432. The van der Waals surface area contributed by atoms with Gasteiger partial charge in [0.25, 0.3) is 15.9 Å². The Balaban J connectivity index is 1.87. The van der Waals surface area contributed by atoms with Gasteiger partial charge in [-0.3, -0.25) is 9.10 Å². The maximum atomic E-state index is 13.4. The first-order valence-corrected chi connectivity index (χ1v) is 11.8. The van der Waals surface area contributed by atoms with E-state index in [-0.39, 0.29) is 22.9 Å². The third kappa shape index (κ3) is 5.61. The number of hydrogen-bond donors (Lipinski definition) is 0. The van der Waals surface area contributed by atoms with E-state index >= 15 is 0 Å². The lowest BCUT2D eigenvalue weighted by Gasteiger charge is -2.24. The minimum atomic E-state index is -3.96. The Hall–Kier alpha value is -3.60. The van der Waals surface area contributed by atoms with Crippen molar-refractivity contribution in [3.05, 3.63) is 107 Å². The van der Waals surface area contributed by atoms with Gasteiger partial charge in [-0.25, -0.2) is 8.42 Å². The smallest absolute Gasteiger partial charge is 0.264 e. The molecule has 0 aliphatic rings. The molecule has 0 saturated carbocycles. The number of carbonyl (C=O) groups excluding carboxylic acids is 1. The summed E-state index contributed by atoms with van der Waals surface area (Å²) >= 11 is 5.94. The van der Waals surface area contributed by atoms with Crippen LogP contribution in [0.15, 0.2) is 90.3 Å². The molecule has 3 aromatic rings. The van der Waals surface area contributed by atoms with E-state index in [9.17, 15) is 13.2 Å². The monoisotopic (exact) mass is 479 g/mol. The van der Waals surface area contributed by atoms with E-state index in [1.165, 1.54) is 27.4 Å². The van der Waals surface area contributed by atoms with Crippen molar-refractivity contribution in [2.45, 2.75) is 11.4 Å². The number of carbonyl (C=O) groups is 1. The van der Waals surface area contributed by atoms with Gasteiger partial charge in [0.05, 0.1) is 28.8 Å². The highest BCUT2D eigenvalue weighted by molar-refractivity contribution is 7.92. The minimum absolute atomic E-state index is 0.00285. The molecule has 3 aromatic carbocycles. The van der Waals surface area contributed by atoms with Gasteiger partial charge < -0.3 is 4.90 Å². The van der Waals surface area contributed by atoms with Crippen molar-refractivity contribution in [1.29, 1.82) is 5.26 Å². The highest BCUT2D eigenvalue weighted by atomic mass is 35.5. The second-order valence-corrected chi connectivity index (χ2v) is 9.60. The fourth-order valence-electron chi connectivity index (χ4n) is 3.23. The highest BCUT2D eigenvalue weighted by Crippen LogP contribution is 2.26. The number of anilines is 1. The third-order valence-electron chi connectivity index (χ3n) is 4.93. The molecule has 0 spiro atoms. The van der Waals surface area contributed by atoms with E-state index in [0.717, 1.165) is 5.56 Å². The number of benzene rings is 3. The molecule has 0 aliphatic carbocycles. The number of hydrogen-bond acceptors (Lipinski definition) is 4. The first kappa shape index (κ1) is 24.1. The lowest BCUT2D eigenvalue weighted by molar-refractivity contribution is 0.0785. The van der Waals surface area contributed by atoms with Gasteiger partial charge in [0.2, 0.25) is 0 Å². The zero-order chi connectivity index (χ0) is 24.0. The zero-order valence-electron chi connectivity index (χ0n) is 18.0. The molecular weight excluding hydrogens is 458 g/mol. The third-order valence-corrected chi connectivity index (χ3v) is 6.97. The summed E-state index contributed by atoms with van der Waals surface area (Å²) in [5.74, 6) is -0.321. The predicted molar refractivity (Wildman–Crippen MR) is 130 cm³/mol. The molecule has 168 valence electrons. The topological polar surface area (TPSA) is 81.5 Å². The molecule has 0 fully saturated rings. The van der Waals surface area contributed by atoms with Gasteiger partial charge in [0.15, 0.2) is 0 Å². The van der Waals surface area contributed by atoms with Crippen LogP contribution in [0.5, 0.6) is 0 Å². The van der Waals surface area contributed by atoms with Crippen molar-refractivity contribution in [2.75, 3.05) is 17.9 Å². The van der Waals surface area contributed by atoms with Crippen LogP contribution in [0.4, 0.5) is 5.69 Å². The summed E-state index contributed by atoms with van der Waals surface area (Å²) in [5.41, 5.74) is 2.08. The molecular formula is C25H22ClN3O3S. The van der Waals surface area contributed by atoms with Gasteiger partial charge in [0, 0.05) is 24.2 Å². The van der Waals surface area contributed by atoms with Crippen molar-refractivity contribution >= 4 is 33.2 Å². The van der Waals surface area contributed by atoms with Gasteiger partial charge in [0.1, 0.15) is 0 Å². The average molecular weight is 480 g/mol. The number of sulfonamides is 1. The summed E-state index contributed by atoms with van der Waals surface area (Å²) in [6, 6.07) is 21.4. The van der Waals surface area contributed by atoms with Gasteiger partial charge in [-0.1, -0.05) is 35.9 Å². The Morgan fingerprint density at radius 1 is 1.09 bits per heavy atom. The second kappa shape index (κ2) is 10.3. The number of nitrogens with zero attached hydrogens (tertiary/aromatic N) is 3. The molecule has 3 rings (SSSR count). The highest BCUT2D eigenvalue weighted by Gasteiger charge is 2.25. The van der Waals surface area contributed by atoms with Crippen LogP contribution in [0.2, 0.25) is 5.02 Å². The molecule has 0 atom stereocenters. The van der Waals surface area contributed by atoms with E-state index in [1.807, 2.05) is 0 Å². The molecule has 6 nitrogen and oxygen atoms in total. The molecule has 0 N–H and O–H groups in total. The van der Waals surface area contributed by atoms with Gasteiger partial charge in [-0.15, -0.1) is 6.58 Å². The Labute approximate surface area is 199 Å². The van der Waals surface area contributed by atoms with Crippen LogP contribution >= 0.6 is 11.6 Å². The predicted octanol–water partition coefficient (Wildman–Crippen LogP) is 4.87. The van der Waals surface area contributed by atoms with Crippen LogP contribution in [0.1, 0.15) is 21.5 Å². The van der Waals surface area contributed by atoms with Gasteiger partial charge in [-0.05, 0) is 60.2 Å². The molecule has 0 aliphatic heterocycles. The lowest BCUT2D eigenvalue weighted by Crippen LogP contribution is -2.31. The molecule has 0 unspecified atom stereocenters. The SMILES string of the molecule is C=CCN(c1ccc(Cl)cc1)S(=O)(=O)c1cccc(C(=O)N(C)Cc2ccc(C#N)cc2)c1. The zero-order valence-corrected chi connectivity index (χ0v) is 19.6. The lowest BCUT2D eigenvalue weighted by atomic mass is 10.1. The minimum Gasteiger partial charge on any atom is -0.337 e. The Bertz CT molecular complexity index is 1300. The van der Waals surface area contributed by atoms with Crippen LogP contribution in [-0.2, 0) is 16.6 Å². The number of rotatable bonds is 8. The first-order valence-electron chi connectivity index (χ1n) is 10.00. The average Bonchev–Trinajstić information content (AvgIpc) is 2.83. The van der Waals surface area contributed by atoms with Crippen molar-refractivity contribution < 1.29 is 13.2 Å². The summed E-state index contributed by atoms with van der Waals surface area (Å²) < 4.78 is 28.0. The summed E-state index contributed by atoms with van der Waals surface area (Å²) in [7, 11) is -2.32. The summed E-state index contributed by atoms with van der Waals surface area (Å²) in [6.45, 7) is 4.03. The summed E-state index contributed by atoms with van der Waals surface area (Å²) in [4.78, 5) is 14.5. The maximum absolute atomic E-state index is 13.4. The first-order chi connectivity index (χ1) is 15.8. The summed E-state index contributed by atoms with van der Waals surface area (Å²) in [5, 5.41) is 9.41. The van der Waals surface area contributed by atoms with E-state index < -0.39 is 10.0 Å². The van der Waals surface area contributed by atoms with Crippen LogP contribution in [0.25, 0.3) is 0 Å². The van der Waals surface area contributed by atoms with Crippen LogP contribution in [-0.4, -0.2) is 32.8 Å². The van der Waals surface area contributed by atoms with Crippen molar-refractivity contribution in [1.82, 2.24) is 4.90 Å². The normalized spacial score (nSPS) is 10.8. The number of nitriles is 1. The maximum Gasteiger partial charge on any atom is 0.264 e. The standard InChI is InChI=1S/C25H22ClN3O3S/c1-3-15-29(23-13-11-22(26)12-14-23)33(31,32)24-6-4-5-21(16-24)25(30)28(2)18-20-9-7-19(17-27)8-10-20/h3-14,16H,1,15,18H2,2H3. The number of amides is 1. The Morgan fingerprint density at radius 2 is 1.76 bits per heavy atom. The molecule has 8 heteroatoms. The van der Waals surface area contributed by atoms with E-state index in [0.29, 0.717) is 22.8 Å². The van der Waals surface area contributed by atoms with E-state index in [2.05, 4.69) is 12.6 Å².